The third-order valence-corrected chi connectivity index (χ3v) is 3.85. The highest BCUT2D eigenvalue weighted by molar-refractivity contribution is 5.68. The van der Waals surface area contributed by atoms with Crippen molar-refractivity contribution in [2.24, 2.45) is 0 Å². The van der Waals surface area contributed by atoms with Crippen LogP contribution in [0, 0.1) is 0 Å². The number of hydrogen-bond acceptors (Lipinski definition) is 5. The average Bonchev–Trinajstić information content (AvgIpc) is 2.25. The first-order valence-electron chi connectivity index (χ1n) is 7.42. The molecule has 2 aliphatic heterocycles. The van der Waals surface area contributed by atoms with E-state index in [9.17, 15) is 9.90 Å². The number of aliphatic hydroxyl groups is 1. The molecular weight excluding hydrogens is 258 g/mol. The number of ether oxygens (including phenoxy) is 1. The number of nitrogens with zero attached hydrogens (tertiary/aromatic N) is 1. The van der Waals surface area contributed by atoms with Crippen LogP contribution in [-0.2, 0) is 4.74 Å². The molecule has 2 heterocycles. The van der Waals surface area contributed by atoms with Crippen molar-refractivity contribution in [2.45, 2.75) is 50.9 Å². The van der Waals surface area contributed by atoms with E-state index in [1.54, 1.807) is 4.90 Å². The van der Waals surface area contributed by atoms with Crippen molar-refractivity contribution in [1.82, 2.24) is 15.5 Å². The Labute approximate surface area is 120 Å². The predicted molar refractivity (Wildman–Crippen MR) is 76.7 cm³/mol. The van der Waals surface area contributed by atoms with E-state index in [2.05, 4.69) is 10.6 Å². The largest absolute Gasteiger partial charge is 0.444 e. The van der Waals surface area contributed by atoms with Crippen molar-refractivity contribution >= 4 is 6.09 Å². The van der Waals surface area contributed by atoms with Crippen molar-refractivity contribution in [3.8, 4) is 0 Å². The van der Waals surface area contributed by atoms with Crippen LogP contribution in [0.1, 0.15) is 33.6 Å². The summed E-state index contributed by atoms with van der Waals surface area (Å²) in [4.78, 5) is 13.6. The monoisotopic (exact) mass is 285 g/mol. The van der Waals surface area contributed by atoms with Gasteiger partial charge in [0.15, 0.2) is 0 Å². The summed E-state index contributed by atoms with van der Waals surface area (Å²) >= 11 is 0. The molecule has 2 fully saturated rings. The van der Waals surface area contributed by atoms with Gasteiger partial charge in [-0.3, -0.25) is 0 Å². The lowest BCUT2D eigenvalue weighted by Gasteiger charge is -2.40. The molecule has 0 spiro atoms. The molecule has 0 radical (unpaired) electrons. The van der Waals surface area contributed by atoms with Gasteiger partial charge >= 0.3 is 6.09 Å². The molecule has 0 aromatic rings. The Morgan fingerprint density at radius 1 is 1.40 bits per heavy atom. The van der Waals surface area contributed by atoms with Crippen LogP contribution in [0.5, 0.6) is 0 Å². The Bertz CT molecular complexity index is 342. The van der Waals surface area contributed by atoms with Crippen molar-refractivity contribution in [2.75, 3.05) is 32.7 Å². The summed E-state index contributed by atoms with van der Waals surface area (Å²) in [6.45, 7) is 9.24. The second-order valence-electron chi connectivity index (χ2n) is 6.93. The lowest BCUT2D eigenvalue weighted by molar-refractivity contribution is -0.0328. The van der Waals surface area contributed by atoms with Crippen molar-refractivity contribution < 1.29 is 14.6 Å². The van der Waals surface area contributed by atoms with Crippen LogP contribution >= 0.6 is 0 Å². The van der Waals surface area contributed by atoms with Crippen molar-refractivity contribution in [3.63, 3.8) is 0 Å². The highest BCUT2D eigenvalue weighted by Gasteiger charge is 2.35. The summed E-state index contributed by atoms with van der Waals surface area (Å²) < 4.78 is 5.35. The quantitative estimate of drug-likeness (QED) is 0.696. The van der Waals surface area contributed by atoms with E-state index < -0.39 is 11.2 Å². The van der Waals surface area contributed by atoms with E-state index in [1.807, 2.05) is 20.8 Å². The summed E-state index contributed by atoms with van der Waals surface area (Å²) in [7, 11) is 0. The third-order valence-electron chi connectivity index (χ3n) is 3.85. The lowest BCUT2D eigenvalue weighted by atomic mass is 9.91. The Morgan fingerprint density at radius 3 is 2.45 bits per heavy atom. The minimum absolute atomic E-state index is 0.282. The number of rotatable bonds is 3. The zero-order valence-electron chi connectivity index (χ0n) is 12.7. The molecule has 20 heavy (non-hydrogen) atoms. The van der Waals surface area contributed by atoms with Crippen LogP contribution in [0.15, 0.2) is 0 Å². The van der Waals surface area contributed by atoms with Gasteiger partial charge in [0.2, 0.25) is 0 Å². The molecule has 2 saturated heterocycles. The second-order valence-corrected chi connectivity index (χ2v) is 6.93. The Hall–Kier alpha value is -0.850. The molecule has 0 unspecified atom stereocenters. The van der Waals surface area contributed by atoms with E-state index in [1.165, 1.54) is 0 Å². The standard InChI is InChI=1S/C14H27N3O3/c1-13(2,3)20-12(18)17-6-4-14(19,5-7-17)10-16-11-8-15-9-11/h11,15-16,19H,4-10H2,1-3H3. The minimum atomic E-state index is -0.700. The lowest BCUT2D eigenvalue weighted by Crippen LogP contribution is -2.60. The first-order valence-corrected chi connectivity index (χ1v) is 7.42. The first-order chi connectivity index (χ1) is 9.27. The maximum absolute atomic E-state index is 11.9. The summed E-state index contributed by atoms with van der Waals surface area (Å²) in [6.07, 6.45) is 0.911. The first kappa shape index (κ1) is 15.5. The molecule has 2 rings (SSSR count). The molecule has 3 N–H and O–H groups in total. The zero-order valence-corrected chi connectivity index (χ0v) is 12.7. The summed E-state index contributed by atoms with van der Waals surface area (Å²) in [5, 5.41) is 17.1. The molecule has 6 heteroatoms. The molecule has 0 saturated carbocycles. The van der Waals surface area contributed by atoms with Gasteiger partial charge in [-0.25, -0.2) is 4.79 Å². The van der Waals surface area contributed by atoms with Crippen LogP contribution in [0.4, 0.5) is 4.79 Å². The fraction of sp³-hybridized carbons (Fsp3) is 0.929. The molecule has 6 nitrogen and oxygen atoms in total. The van der Waals surface area contributed by atoms with Gasteiger partial charge in [0.1, 0.15) is 5.60 Å². The van der Waals surface area contributed by atoms with Gasteiger partial charge in [0.25, 0.3) is 0 Å². The molecule has 1 amide bonds. The van der Waals surface area contributed by atoms with Crippen molar-refractivity contribution in [3.05, 3.63) is 0 Å². The molecule has 0 atom stereocenters. The molecule has 116 valence electrons. The number of hydrogen-bond donors (Lipinski definition) is 3. The van der Waals surface area contributed by atoms with Gasteiger partial charge in [0.05, 0.1) is 5.60 Å². The fourth-order valence-electron chi connectivity index (χ4n) is 2.38. The van der Waals surface area contributed by atoms with Gasteiger partial charge in [-0.15, -0.1) is 0 Å². The van der Waals surface area contributed by atoms with Gasteiger partial charge in [-0.1, -0.05) is 0 Å². The Balaban J connectivity index is 1.74. The van der Waals surface area contributed by atoms with Gasteiger partial charge in [-0.05, 0) is 33.6 Å². The van der Waals surface area contributed by atoms with Crippen LogP contribution in [0.25, 0.3) is 0 Å². The van der Waals surface area contributed by atoms with Crippen LogP contribution in [0.2, 0.25) is 0 Å². The number of nitrogens with one attached hydrogen (secondary N) is 2. The SMILES string of the molecule is CC(C)(C)OC(=O)N1CCC(O)(CNC2CNC2)CC1. The Kier molecular flexibility index (Phi) is 4.56. The summed E-state index contributed by atoms with van der Waals surface area (Å²) in [5.41, 5.74) is -1.17. The normalized spacial score (nSPS) is 23.3. The number of piperidine rings is 1. The molecule has 0 aromatic heterocycles. The number of carbonyl (C=O) groups is 1. The van der Waals surface area contributed by atoms with Gasteiger partial charge in [-0.2, -0.15) is 0 Å². The maximum atomic E-state index is 11.9. The number of amides is 1. The molecule has 0 aliphatic carbocycles. The molecular formula is C14H27N3O3. The van der Waals surface area contributed by atoms with Crippen molar-refractivity contribution in [1.29, 1.82) is 0 Å². The molecule has 0 aromatic carbocycles. The Morgan fingerprint density at radius 2 is 2.00 bits per heavy atom. The molecule has 0 bridgehead atoms. The topological polar surface area (TPSA) is 73.8 Å². The van der Waals surface area contributed by atoms with E-state index in [0.29, 0.717) is 38.5 Å². The summed E-state index contributed by atoms with van der Waals surface area (Å²) in [5.74, 6) is 0. The number of likely N-dealkylation sites (tertiary alicyclic amines) is 1. The smallest absolute Gasteiger partial charge is 0.410 e. The maximum Gasteiger partial charge on any atom is 0.410 e. The highest BCUT2D eigenvalue weighted by atomic mass is 16.6. The second kappa shape index (κ2) is 5.87. The van der Waals surface area contributed by atoms with E-state index in [4.69, 9.17) is 4.74 Å². The summed E-state index contributed by atoms with van der Waals surface area (Å²) in [6, 6.07) is 0.475. The highest BCUT2D eigenvalue weighted by Crippen LogP contribution is 2.23. The fourth-order valence-corrected chi connectivity index (χ4v) is 2.38. The van der Waals surface area contributed by atoms with E-state index in [0.717, 1.165) is 13.1 Å². The predicted octanol–water partition coefficient (Wildman–Crippen LogP) is 0.310. The van der Waals surface area contributed by atoms with E-state index >= 15 is 0 Å². The molecule has 2 aliphatic rings. The van der Waals surface area contributed by atoms with Gasteiger partial charge in [0, 0.05) is 38.8 Å². The number of carbonyl (C=O) groups excluding carboxylic acids is 1. The average molecular weight is 285 g/mol. The van der Waals surface area contributed by atoms with Crippen LogP contribution < -0.4 is 10.6 Å². The third kappa shape index (κ3) is 4.33. The van der Waals surface area contributed by atoms with Crippen LogP contribution in [-0.4, -0.2) is 66.1 Å². The van der Waals surface area contributed by atoms with E-state index in [-0.39, 0.29) is 6.09 Å². The minimum Gasteiger partial charge on any atom is -0.444 e. The zero-order chi connectivity index (χ0) is 14.8. The van der Waals surface area contributed by atoms with Crippen LogP contribution in [0.3, 0.4) is 0 Å². The van der Waals surface area contributed by atoms with Gasteiger partial charge < -0.3 is 25.4 Å².